The van der Waals surface area contributed by atoms with Gasteiger partial charge in [0.05, 0.1) is 11.3 Å². The van der Waals surface area contributed by atoms with E-state index < -0.39 is 5.91 Å². The number of hydrogen-bond donors (Lipinski definition) is 3. The number of nitrogens with one attached hydrogen (secondary N) is 2. The summed E-state index contributed by atoms with van der Waals surface area (Å²) in [7, 11) is 0. The van der Waals surface area contributed by atoms with Gasteiger partial charge >= 0.3 is 0 Å². The molecule has 0 unspecified atom stereocenters. The molecule has 1 heterocycles. The Balaban J connectivity index is 1.73. The van der Waals surface area contributed by atoms with Gasteiger partial charge in [0.25, 0.3) is 11.8 Å². The first kappa shape index (κ1) is 20.9. The van der Waals surface area contributed by atoms with E-state index >= 15 is 0 Å². The van der Waals surface area contributed by atoms with Gasteiger partial charge in [-0.15, -0.1) is 0 Å². The molecule has 0 spiro atoms. The Bertz CT molecular complexity index is 1060. The summed E-state index contributed by atoms with van der Waals surface area (Å²) in [6.45, 7) is 4.19. The first-order chi connectivity index (χ1) is 14.4. The topological polar surface area (TPSA) is 106 Å². The number of amides is 3. The number of hydrogen-bond acceptors (Lipinski definition) is 3. The van der Waals surface area contributed by atoms with Crippen molar-refractivity contribution in [1.82, 2.24) is 9.88 Å². The molecule has 2 aromatic carbocycles. The summed E-state index contributed by atoms with van der Waals surface area (Å²) in [6.07, 6.45) is 0.0486. The number of carbonyl (C=O) groups excluding carboxylic acids is 3. The molecule has 3 rings (SSSR count). The summed E-state index contributed by atoms with van der Waals surface area (Å²) in [5.74, 6) is -1.20. The highest BCUT2D eigenvalue weighted by molar-refractivity contribution is 6.09. The highest BCUT2D eigenvalue weighted by atomic mass is 16.2. The van der Waals surface area contributed by atoms with Crippen LogP contribution in [0.15, 0.2) is 60.7 Å². The van der Waals surface area contributed by atoms with Crippen molar-refractivity contribution in [2.45, 2.75) is 20.3 Å². The van der Waals surface area contributed by atoms with Gasteiger partial charge in [0.15, 0.2) is 0 Å². The molecule has 154 valence electrons. The fraction of sp³-hybridized carbons (Fsp3) is 0.174. The molecule has 1 aromatic heterocycles. The summed E-state index contributed by atoms with van der Waals surface area (Å²) in [6, 6.07) is 18.1. The summed E-state index contributed by atoms with van der Waals surface area (Å²) in [5, 5.41) is 5.41. The number of rotatable bonds is 7. The molecule has 7 nitrogen and oxygen atoms in total. The van der Waals surface area contributed by atoms with E-state index in [1.165, 1.54) is 0 Å². The lowest BCUT2D eigenvalue weighted by atomic mass is 10.1. The second kappa shape index (κ2) is 9.09. The van der Waals surface area contributed by atoms with Gasteiger partial charge in [-0.05, 0) is 62.4 Å². The van der Waals surface area contributed by atoms with Crippen LogP contribution >= 0.6 is 0 Å². The number of para-hydroxylation sites is 1. The third kappa shape index (κ3) is 4.75. The Morgan fingerprint density at radius 2 is 1.50 bits per heavy atom. The zero-order valence-electron chi connectivity index (χ0n) is 16.9. The number of aryl methyl sites for hydroxylation is 2. The SMILES string of the molecule is Cc1ccc(C)n1-c1ccc(C(=O)Nc2ccccc2C(=O)NCCC(N)=O)cc1. The third-order valence-corrected chi connectivity index (χ3v) is 4.74. The number of aromatic nitrogens is 1. The molecule has 0 atom stereocenters. The van der Waals surface area contributed by atoms with E-state index in [-0.39, 0.29) is 24.8 Å². The second-order valence-electron chi connectivity index (χ2n) is 6.97. The maximum atomic E-state index is 12.7. The van der Waals surface area contributed by atoms with Gasteiger partial charge in [0.2, 0.25) is 5.91 Å². The summed E-state index contributed by atoms with van der Waals surface area (Å²) in [5.41, 5.74) is 9.46. The molecular formula is C23H24N4O3. The molecule has 0 saturated carbocycles. The van der Waals surface area contributed by atoms with E-state index in [9.17, 15) is 14.4 Å². The molecule has 3 aromatic rings. The van der Waals surface area contributed by atoms with Gasteiger partial charge in [0.1, 0.15) is 0 Å². The van der Waals surface area contributed by atoms with Crippen LogP contribution in [0, 0.1) is 13.8 Å². The zero-order chi connectivity index (χ0) is 21.7. The standard InChI is InChI=1S/C23H24N4O3/c1-15-7-8-16(2)27(15)18-11-9-17(10-12-18)22(29)26-20-6-4-3-5-19(20)23(30)25-14-13-21(24)28/h3-12H,13-14H2,1-2H3,(H2,24,28)(H,25,30)(H,26,29). The van der Waals surface area contributed by atoms with Crippen LogP contribution in [0.3, 0.4) is 0 Å². The van der Waals surface area contributed by atoms with Crippen LogP contribution in [0.1, 0.15) is 38.5 Å². The predicted molar refractivity (Wildman–Crippen MR) is 116 cm³/mol. The number of primary amides is 1. The summed E-state index contributed by atoms with van der Waals surface area (Å²) in [4.78, 5) is 35.9. The van der Waals surface area contributed by atoms with E-state index in [4.69, 9.17) is 5.73 Å². The second-order valence-corrected chi connectivity index (χ2v) is 6.97. The van der Waals surface area contributed by atoms with E-state index in [0.29, 0.717) is 16.8 Å². The van der Waals surface area contributed by atoms with Crippen molar-refractivity contribution in [3.8, 4) is 5.69 Å². The third-order valence-electron chi connectivity index (χ3n) is 4.74. The fourth-order valence-electron chi connectivity index (χ4n) is 3.22. The quantitative estimate of drug-likeness (QED) is 0.564. The van der Waals surface area contributed by atoms with Gasteiger partial charge in [-0.25, -0.2) is 0 Å². The van der Waals surface area contributed by atoms with Crippen LogP contribution in [0.2, 0.25) is 0 Å². The fourth-order valence-corrected chi connectivity index (χ4v) is 3.22. The lowest BCUT2D eigenvalue weighted by molar-refractivity contribution is -0.117. The lowest BCUT2D eigenvalue weighted by Gasteiger charge is -2.12. The Kier molecular flexibility index (Phi) is 6.32. The Morgan fingerprint density at radius 1 is 0.867 bits per heavy atom. The van der Waals surface area contributed by atoms with Crippen LogP contribution in [0.25, 0.3) is 5.69 Å². The molecule has 0 aliphatic carbocycles. The lowest BCUT2D eigenvalue weighted by Crippen LogP contribution is -2.28. The van der Waals surface area contributed by atoms with Crippen molar-refractivity contribution >= 4 is 23.4 Å². The number of nitrogens with zero attached hydrogens (tertiary/aromatic N) is 1. The molecule has 0 aliphatic rings. The van der Waals surface area contributed by atoms with Crippen LogP contribution in [-0.4, -0.2) is 28.8 Å². The summed E-state index contributed by atoms with van der Waals surface area (Å²) >= 11 is 0. The molecule has 4 N–H and O–H groups in total. The summed E-state index contributed by atoms with van der Waals surface area (Å²) < 4.78 is 2.10. The highest BCUT2D eigenvalue weighted by Crippen LogP contribution is 2.19. The van der Waals surface area contributed by atoms with Gasteiger partial charge in [0, 0.05) is 35.6 Å². The van der Waals surface area contributed by atoms with Crippen molar-refractivity contribution in [3.63, 3.8) is 0 Å². The maximum Gasteiger partial charge on any atom is 0.255 e. The van der Waals surface area contributed by atoms with E-state index in [1.807, 2.05) is 38.1 Å². The molecule has 0 bridgehead atoms. The number of anilines is 1. The van der Waals surface area contributed by atoms with Gasteiger partial charge in [-0.2, -0.15) is 0 Å². The van der Waals surface area contributed by atoms with Crippen molar-refractivity contribution in [2.75, 3.05) is 11.9 Å². The van der Waals surface area contributed by atoms with E-state index in [1.54, 1.807) is 36.4 Å². The van der Waals surface area contributed by atoms with E-state index in [2.05, 4.69) is 15.2 Å². The minimum Gasteiger partial charge on any atom is -0.370 e. The van der Waals surface area contributed by atoms with Crippen LogP contribution in [0.5, 0.6) is 0 Å². The predicted octanol–water partition coefficient (Wildman–Crippen LogP) is 2.95. The molecule has 0 radical (unpaired) electrons. The highest BCUT2D eigenvalue weighted by Gasteiger charge is 2.14. The van der Waals surface area contributed by atoms with Gasteiger partial charge in [-0.3, -0.25) is 14.4 Å². The van der Waals surface area contributed by atoms with Crippen LogP contribution < -0.4 is 16.4 Å². The molecule has 0 fully saturated rings. The van der Waals surface area contributed by atoms with E-state index in [0.717, 1.165) is 17.1 Å². The Labute approximate surface area is 174 Å². The minimum absolute atomic E-state index is 0.0486. The van der Waals surface area contributed by atoms with Crippen molar-refractivity contribution in [2.24, 2.45) is 5.73 Å². The Morgan fingerprint density at radius 3 is 2.13 bits per heavy atom. The van der Waals surface area contributed by atoms with Crippen molar-refractivity contribution in [3.05, 3.63) is 83.2 Å². The van der Waals surface area contributed by atoms with Crippen LogP contribution in [0.4, 0.5) is 5.69 Å². The maximum absolute atomic E-state index is 12.7. The average molecular weight is 404 g/mol. The molecule has 0 aliphatic heterocycles. The first-order valence-corrected chi connectivity index (χ1v) is 9.59. The van der Waals surface area contributed by atoms with Crippen molar-refractivity contribution < 1.29 is 14.4 Å². The molecular weight excluding hydrogens is 380 g/mol. The largest absolute Gasteiger partial charge is 0.370 e. The van der Waals surface area contributed by atoms with Gasteiger partial charge in [-0.1, -0.05) is 12.1 Å². The normalized spacial score (nSPS) is 10.5. The minimum atomic E-state index is -0.495. The number of nitrogens with two attached hydrogens (primary N) is 1. The first-order valence-electron chi connectivity index (χ1n) is 9.59. The van der Waals surface area contributed by atoms with Gasteiger partial charge < -0.3 is 20.9 Å². The number of benzene rings is 2. The molecule has 0 saturated heterocycles. The molecule has 30 heavy (non-hydrogen) atoms. The monoisotopic (exact) mass is 404 g/mol. The average Bonchev–Trinajstić information content (AvgIpc) is 3.06. The Hall–Kier alpha value is -3.87. The van der Waals surface area contributed by atoms with Crippen molar-refractivity contribution in [1.29, 1.82) is 0 Å². The number of carbonyl (C=O) groups is 3. The molecule has 3 amide bonds. The smallest absolute Gasteiger partial charge is 0.255 e. The zero-order valence-corrected chi connectivity index (χ0v) is 16.9. The van der Waals surface area contributed by atoms with Crippen LogP contribution in [-0.2, 0) is 4.79 Å². The molecule has 7 heteroatoms.